The van der Waals surface area contributed by atoms with E-state index < -0.39 is 23.3 Å². The van der Waals surface area contributed by atoms with E-state index in [2.05, 4.69) is 14.7 Å². The number of hydrogen-bond acceptors (Lipinski definition) is 4. The molecule has 0 bridgehead atoms. The lowest BCUT2D eigenvalue weighted by Gasteiger charge is -2.09. The Balaban J connectivity index is 2.44. The first kappa shape index (κ1) is 16.0. The van der Waals surface area contributed by atoms with E-state index in [-0.39, 0.29) is 16.9 Å². The topological polar surface area (TPSA) is 76.5 Å². The fraction of sp³-hybridized carbons (Fsp3) is 0.267. The van der Waals surface area contributed by atoms with Crippen LogP contribution >= 0.6 is 0 Å². The van der Waals surface area contributed by atoms with Crippen molar-refractivity contribution in [1.82, 2.24) is 14.4 Å². The van der Waals surface area contributed by atoms with E-state index in [0.29, 0.717) is 17.6 Å². The second-order valence-electron chi connectivity index (χ2n) is 5.10. The summed E-state index contributed by atoms with van der Waals surface area (Å²) < 4.78 is 44.6. The lowest BCUT2D eigenvalue weighted by atomic mass is 10.1. The molecule has 2 aromatic heterocycles. The van der Waals surface area contributed by atoms with Crippen molar-refractivity contribution in [2.45, 2.75) is 19.5 Å². The van der Waals surface area contributed by atoms with E-state index in [4.69, 9.17) is 0 Å². The Kier molecular flexibility index (Phi) is 3.58. The Labute approximate surface area is 132 Å². The molecule has 9 heteroatoms. The standard InChI is InChI=1S/C15H12F3N3O3/c1-3-9-11(14(23)24-2)20-12-13(22)19-8-6-7(15(16,17)18)4-5-10(8)21(9)12/h4-6H,3H2,1-2H3,(H,19,22). The number of methoxy groups -OCH3 is 1. The normalized spacial score (nSPS) is 12.0. The first-order valence-electron chi connectivity index (χ1n) is 7.00. The summed E-state index contributed by atoms with van der Waals surface area (Å²) in [5.41, 5.74) is -0.948. The number of aromatic nitrogens is 3. The maximum absolute atomic E-state index is 12.9. The predicted octanol–water partition coefficient (Wildman–Crippen LogP) is 2.54. The minimum absolute atomic E-state index is 0.00541. The Hall–Kier alpha value is -2.84. The van der Waals surface area contributed by atoms with Crippen LogP contribution in [0.2, 0.25) is 0 Å². The number of ether oxygens (including phenoxy) is 1. The Bertz CT molecular complexity index is 1020. The van der Waals surface area contributed by atoms with Crippen LogP contribution in [0, 0.1) is 0 Å². The van der Waals surface area contributed by atoms with E-state index in [1.807, 2.05) is 0 Å². The number of nitrogens with one attached hydrogen (secondary N) is 1. The molecule has 3 rings (SSSR count). The summed E-state index contributed by atoms with van der Waals surface area (Å²) in [4.78, 5) is 30.4. The molecule has 0 aliphatic heterocycles. The van der Waals surface area contributed by atoms with Crippen LogP contribution in [-0.2, 0) is 17.3 Å². The van der Waals surface area contributed by atoms with Crippen LogP contribution < -0.4 is 5.56 Å². The van der Waals surface area contributed by atoms with E-state index in [9.17, 15) is 22.8 Å². The number of carbonyl (C=O) groups excluding carboxylic acids is 1. The average molecular weight is 339 g/mol. The van der Waals surface area contributed by atoms with Crippen molar-refractivity contribution in [1.29, 1.82) is 0 Å². The van der Waals surface area contributed by atoms with Crippen molar-refractivity contribution in [3.8, 4) is 0 Å². The second-order valence-corrected chi connectivity index (χ2v) is 5.10. The summed E-state index contributed by atoms with van der Waals surface area (Å²) in [6, 6.07) is 3.01. The van der Waals surface area contributed by atoms with Gasteiger partial charge in [0, 0.05) is 0 Å². The van der Waals surface area contributed by atoms with Gasteiger partial charge in [0.1, 0.15) is 0 Å². The number of carbonyl (C=O) groups is 1. The van der Waals surface area contributed by atoms with Crippen LogP contribution in [0.15, 0.2) is 23.0 Å². The van der Waals surface area contributed by atoms with Gasteiger partial charge >= 0.3 is 12.1 Å². The van der Waals surface area contributed by atoms with Crippen LogP contribution in [0.25, 0.3) is 16.7 Å². The van der Waals surface area contributed by atoms with Crippen molar-refractivity contribution in [2.75, 3.05) is 7.11 Å². The number of hydrogen-bond donors (Lipinski definition) is 1. The number of aryl methyl sites for hydroxylation is 1. The van der Waals surface area contributed by atoms with Crippen LogP contribution in [-0.4, -0.2) is 27.4 Å². The number of esters is 1. The summed E-state index contributed by atoms with van der Waals surface area (Å²) in [5, 5.41) is 0. The molecule has 0 radical (unpaired) electrons. The summed E-state index contributed by atoms with van der Waals surface area (Å²) in [6.07, 6.45) is -4.19. The van der Waals surface area contributed by atoms with Gasteiger partial charge in [-0.2, -0.15) is 13.2 Å². The zero-order valence-electron chi connectivity index (χ0n) is 12.7. The fourth-order valence-electron chi connectivity index (χ4n) is 2.64. The zero-order valence-corrected chi connectivity index (χ0v) is 12.7. The third-order valence-corrected chi connectivity index (χ3v) is 3.70. The van der Waals surface area contributed by atoms with E-state index >= 15 is 0 Å². The van der Waals surface area contributed by atoms with Crippen LogP contribution in [0.4, 0.5) is 13.2 Å². The van der Waals surface area contributed by atoms with Crippen molar-refractivity contribution < 1.29 is 22.7 Å². The molecule has 3 aromatic rings. The molecule has 0 amide bonds. The molecule has 6 nitrogen and oxygen atoms in total. The smallest absolute Gasteiger partial charge is 0.416 e. The first-order chi connectivity index (χ1) is 11.3. The Morgan fingerprint density at radius 3 is 2.67 bits per heavy atom. The van der Waals surface area contributed by atoms with Crippen LogP contribution in [0.1, 0.15) is 28.7 Å². The predicted molar refractivity (Wildman–Crippen MR) is 79.0 cm³/mol. The summed E-state index contributed by atoms with van der Waals surface area (Å²) in [7, 11) is 1.18. The van der Waals surface area contributed by atoms with Gasteiger partial charge in [-0.05, 0) is 24.6 Å². The molecule has 0 aliphatic carbocycles. The molecule has 0 spiro atoms. The number of imidazole rings is 1. The summed E-state index contributed by atoms with van der Waals surface area (Å²) >= 11 is 0. The fourth-order valence-corrected chi connectivity index (χ4v) is 2.64. The molecular formula is C15H12F3N3O3. The number of benzene rings is 1. The van der Waals surface area contributed by atoms with Gasteiger partial charge in [0.15, 0.2) is 5.69 Å². The molecule has 0 fully saturated rings. The molecule has 24 heavy (non-hydrogen) atoms. The molecule has 0 unspecified atom stereocenters. The third kappa shape index (κ3) is 2.32. The number of alkyl halides is 3. The highest BCUT2D eigenvalue weighted by molar-refractivity contribution is 5.91. The Morgan fingerprint density at radius 1 is 1.38 bits per heavy atom. The van der Waals surface area contributed by atoms with Gasteiger partial charge in [-0.3, -0.25) is 9.20 Å². The Morgan fingerprint density at radius 2 is 2.08 bits per heavy atom. The second kappa shape index (κ2) is 5.36. The van der Waals surface area contributed by atoms with Gasteiger partial charge in [-0.15, -0.1) is 0 Å². The summed E-state index contributed by atoms with van der Waals surface area (Å²) in [5.74, 6) is -0.713. The molecule has 2 heterocycles. The first-order valence-corrected chi connectivity index (χ1v) is 7.00. The van der Waals surface area contributed by atoms with E-state index in [1.165, 1.54) is 17.6 Å². The summed E-state index contributed by atoms with van der Waals surface area (Å²) in [6.45, 7) is 1.74. The molecular weight excluding hydrogens is 327 g/mol. The third-order valence-electron chi connectivity index (χ3n) is 3.70. The quantitative estimate of drug-likeness (QED) is 0.728. The molecule has 1 aromatic carbocycles. The maximum Gasteiger partial charge on any atom is 0.416 e. The molecule has 126 valence electrons. The van der Waals surface area contributed by atoms with E-state index in [1.54, 1.807) is 6.92 Å². The molecule has 0 saturated carbocycles. The van der Waals surface area contributed by atoms with Crippen molar-refractivity contribution in [3.63, 3.8) is 0 Å². The molecule has 0 atom stereocenters. The number of halogens is 3. The minimum atomic E-state index is -4.53. The van der Waals surface area contributed by atoms with Crippen LogP contribution in [0.5, 0.6) is 0 Å². The highest BCUT2D eigenvalue weighted by Crippen LogP contribution is 2.31. The van der Waals surface area contributed by atoms with E-state index in [0.717, 1.165) is 12.1 Å². The molecule has 0 saturated heterocycles. The minimum Gasteiger partial charge on any atom is -0.464 e. The van der Waals surface area contributed by atoms with Gasteiger partial charge < -0.3 is 9.72 Å². The van der Waals surface area contributed by atoms with Gasteiger partial charge in [-0.1, -0.05) is 6.92 Å². The van der Waals surface area contributed by atoms with Gasteiger partial charge in [0.25, 0.3) is 5.56 Å². The monoisotopic (exact) mass is 339 g/mol. The zero-order chi connectivity index (χ0) is 17.6. The number of fused-ring (bicyclic) bond motifs is 3. The number of nitrogens with zero attached hydrogens (tertiary/aromatic N) is 2. The van der Waals surface area contributed by atoms with Crippen molar-refractivity contribution >= 4 is 22.6 Å². The maximum atomic E-state index is 12.9. The molecule has 0 aliphatic rings. The van der Waals surface area contributed by atoms with Gasteiger partial charge in [0.05, 0.1) is 29.4 Å². The van der Waals surface area contributed by atoms with Crippen LogP contribution in [0.3, 0.4) is 0 Å². The highest BCUT2D eigenvalue weighted by atomic mass is 19.4. The number of aromatic amines is 1. The number of rotatable bonds is 2. The molecule has 1 N–H and O–H groups in total. The van der Waals surface area contributed by atoms with Crippen molar-refractivity contribution in [3.05, 3.63) is 45.5 Å². The largest absolute Gasteiger partial charge is 0.464 e. The lowest BCUT2D eigenvalue weighted by Crippen LogP contribution is -2.13. The van der Waals surface area contributed by atoms with Gasteiger partial charge in [0.2, 0.25) is 5.65 Å². The SMILES string of the molecule is CCc1c(C(=O)OC)nc2c(=O)[nH]c3cc(C(F)(F)F)ccc3n12. The van der Waals surface area contributed by atoms with Gasteiger partial charge in [-0.25, -0.2) is 9.78 Å². The average Bonchev–Trinajstić information content (AvgIpc) is 2.93. The number of H-pyrrole nitrogens is 1. The lowest BCUT2D eigenvalue weighted by molar-refractivity contribution is -0.137. The van der Waals surface area contributed by atoms with Crippen molar-refractivity contribution in [2.24, 2.45) is 0 Å². The highest BCUT2D eigenvalue weighted by Gasteiger charge is 2.31.